The van der Waals surface area contributed by atoms with E-state index in [-0.39, 0.29) is 0 Å². The Hall–Kier alpha value is -1.36. The molecule has 0 spiro atoms. The molecule has 106 valence electrons. The first-order valence-corrected chi connectivity index (χ1v) is 7.30. The Morgan fingerprint density at radius 2 is 2.00 bits per heavy atom. The molecule has 1 aliphatic rings. The molecular weight excluding hydrogens is 240 g/mol. The van der Waals surface area contributed by atoms with Gasteiger partial charge in [0.1, 0.15) is 18.0 Å². The standard InChI is InChI=1S/C14H24N4O/c1-2-7-15-13-10-14(18-11-17-13)16-8-6-12-5-3-4-9-19-12/h10-12H,2-9H2,1H3,(H2,15,16,17,18). The maximum atomic E-state index is 5.71. The van der Waals surface area contributed by atoms with Crippen molar-refractivity contribution in [2.45, 2.75) is 45.1 Å². The average Bonchev–Trinajstić information content (AvgIpc) is 2.47. The fourth-order valence-electron chi connectivity index (χ4n) is 2.20. The summed E-state index contributed by atoms with van der Waals surface area (Å²) < 4.78 is 5.71. The Morgan fingerprint density at radius 1 is 1.21 bits per heavy atom. The number of nitrogens with one attached hydrogen (secondary N) is 2. The molecule has 5 nitrogen and oxygen atoms in total. The number of hydrogen-bond acceptors (Lipinski definition) is 5. The molecule has 1 fully saturated rings. The van der Waals surface area contributed by atoms with Crippen molar-refractivity contribution in [2.24, 2.45) is 0 Å². The summed E-state index contributed by atoms with van der Waals surface area (Å²) >= 11 is 0. The summed E-state index contributed by atoms with van der Waals surface area (Å²) in [6.07, 6.45) is 7.84. The number of aromatic nitrogens is 2. The maximum Gasteiger partial charge on any atom is 0.131 e. The average molecular weight is 264 g/mol. The molecule has 0 amide bonds. The summed E-state index contributed by atoms with van der Waals surface area (Å²) in [6.45, 7) is 4.89. The molecule has 0 bridgehead atoms. The second-order valence-electron chi connectivity index (χ2n) is 4.92. The molecule has 5 heteroatoms. The minimum absolute atomic E-state index is 0.417. The maximum absolute atomic E-state index is 5.71. The lowest BCUT2D eigenvalue weighted by molar-refractivity contribution is 0.0134. The molecule has 0 saturated carbocycles. The Bertz CT molecular complexity index is 366. The molecule has 2 rings (SSSR count). The van der Waals surface area contributed by atoms with E-state index in [1.807, 2.05) is 6.07 Å². The van der Waals surface area contributed by atoms with E-state index in [1.54, 1.807) is 6.33 Å². The SMILES string of the molecule is CCCNc1cc(NCCC2CCCCO2)ncn1. The third-order valence-electron chi connectivity index (χ3n) is 3.27. The van der Waals surface area contributed by atoms with E-state index in [9.17, 15) is 0 Å². The summed E-state index contributed by atoms with van der Waals surface area (Å²) in [5, 5.41) is 6.60. The van der Waals surface area contributed by atoms with Crippen molar-refractivity contribution in [1.29, 1.82) is 0 Å². The van der Waals surface area contributed by atoms with Crippen LogP contribution in [0.4, 0.5) is 11.6 Å². The third-order valence-corrected chi connectivity index (χ3v) is 3.27. The summed E-state index contributed by atoms with van der Waals surface area (Å²) in [7, 11) is 0. The smallest absolute Gasteiger partial charge is 0.131 e. The van der Waals surface area contributed by atoms with Gasteiger partial charge in [0.25, 0.3) is 0 Å². The van der Waals surface area contributed by atoms with Crippen LogP contribution in [-0.2, 0) is 4.74 Å². The van der Waals surface area contributed by atoms with Crippen molar-refractivity contribution < 1.29 is 4.74 Å². The number of rotatable bonds is 7. The molecule has 2 N–H and O–H groups in total. The fourth-order valence-corrected chi connectivity index (χ4v) is 2.20. The van der Waals surface area contributed by atoms with Crippen LogP contribution in [0, 0.1) is 0 Å². The molecule has 1 atom stereocenters. The van der Waals surface area contributed by atoms with E-state index in [1.165, 1.54) is 19.3 Å². The van der Waals surface area contributed by atoms with Crippen LogP contribution in [0.3, 0.4) is 0 Å². The molecule has 0 aromatic carbocycles. The van der Waals surface area contributed by atoms with Gasteiger partial charge >= 0.3 is 0 Å². The van der Waals surface area contributed by atoms with Gasteiger partial charge in [0, 0.05) is 25.8 Å². The van der Waals surface area contributed by atoms with E-state index in [0.717, 1.165) is 44.2 Å². The quantitative estimate of drug-likeness (QED) is 0.793. The van der Waals surface area contributed by atoms with Crippen molar-refractivity contribution in [3.05, 3.63) is 12.4 Å². The van der Waals surface area contributed by atoms with E-state index in [0.29, 0.717) is 6.10 Å². The zero-order valence-corrected chi connectivity index (χ0v) is 11.7. The number of ether oxygens (including phenoxy) is 1. The number of nitrogens with zero attached hydrogens (tertiary/aromatic N) is 2. The third kappa shape index (κ3) is 5.03. The largest absolute Gasteiger partial charge is 0.378 e. The van der Waals surface area contributed by atoms with Gasteiger partial charge in [-0.2, -0.15) is 0 Å². The predicted octanol–water partition coefficient (Wildman–Crippen LogP) is 2.67. The highest BCUT2D eigenvalue weighted by molar-refractivity contribution is 5.46. The Labute approximate surface area is 115 Å². The monoisotopic (exact) mass is 264 g/mol. The summed E-state index contributed by atoms with van der Waals surface area (Å²) in [6, 6.07) is 1.96. The van der Waals surface area contributed by atoms with Gasteiger partial charge in [-0.05, 0) is 32.1 Å². The van der Waals surface area contributed by atoms with Gasteiger partial charge in [-0.3, -0.25) is 0 Å². The molecular formula is C14H24N4O. The highest BCUT2D eigenvalue weighted by Gasteiger charge is 2.12. The second-order valence-corrected chi connectivity index (χ2v) is 4.92. The van der Waals surface area contributed by atoms with Gasteiger partial charge in [-0.1, -0.05) is 6.92 Å². The predicted molar refractivity (Wildman–Crippen MR) is 77.5 cm³/mol. The zero-order valence-electron chi connectivity index (χ0n) is 11.7. The molecule has 0 radical (unpaired) electrons. The summed E-state index contributed by atoms with van der Waals surface area (Å²) in [4.78, 5) is 8.42. The Kier molecular flexibility index (Phi) is 5.88. The van der Waals surface area contributed by atoms with E-state index < -0.39 is 0 Å². The highest BCUT2D eigenvalue weighted by atomic mass is 16.5. The first-order chi connectivity index (χ1) is 9.38. The first kappa shape index (κ1) is 14.1. The second kappa shape index (κ2) is 7.94. The van der Waals surface area contributed by atoms with Gasteiger partial charge in [-0.25, -0.2) is 9.97 Å². The van der Waals surface area contributed by atoms with Crippen molar-refractivity contribution in [1.82, 2.24) is 9.97 Å². The van der Waals surface area contributed by atoms with Crippen LogP contribution in [0.5, 0.6) is 0 Å². The van der Waals surface area contributed by atoms with Crippen LogP contribution in [0.2, 0.25) is 0 Å². The first-order valence-electron chi connectivity index (χ1n) is 7.30. The van der Waals surface area contributed by atoms with Crippen LogP contribution in [-0.4, -0.2) is 35.8 Å². The molecule has 1 aromatic heterocycles. The van der Waals surface area contributed by atoms with Crippen molar-refractivity contribution in [3.8, 4) is 0 Å². The summed E-state index contributed by atoms with van der Waals surface area (Å²) in [5.74, 6) is 1.76. The molecule has 0 aliphatic carbocycles. The lowest BCUT2D eigenvalue weighted by atomic mass is 10.1. The summed E-state index contributed by atoms with van der Waals surface area (Å²) in [5.41, 5.74) is 0. The lowest BCUT2D eigenvalue weighted by Gasteiger charge is -2.22. The van der Waals surface area contributed by atoms with Gasteiger partial charge in [0.2, 0.25) is 0 Å². The van der Waals surface area contributed by atoms with Crippen LogP contribution in [0.1, 0.15) is 39.0 Å². The Balaban J connectivity index is 1.72. The molecule has 1 aliphatic heterocycles. The normalized spacial score (nSPS) is 19.1. The number of anilines is 2. The minimum atomic E-state index is 0.417. The number of hydrogen-bond donors (Lipinski definition) is 2. The topological polar surface area (TPSA) is 59.1 Å². The Morgan fingerprint density at radius 3 is 2.68 bits per heavy atom. The minimum Gasteiger partial charge on any atom is -0.378 e. The fraction of sp³-hybridized carbons (Fsp3) is 0.714. The van der Waals surface area contributed by atoms with Crippen LogP contribution in [0.15, 0.2) is 12.4 Å². The molecule has 2 heterocycles. The van der Waals surface area contributed by atoms with Gasteiger partial charge < -0.3 is 15.4 Å². The van der Waals surface area contributed by atoms with Crippen molar-refractivity contribution in [2.75, 3.05) is 30.3 Å². The zero-order chi connectivity index (χ0) is 13.3. The van der Waals surface area contributed by atoms with Crippen molar-refractivity contribution >= 4 is 11.6 Å². The molecule has 1 aromatic rings. The van der Waals surface area contributed by atoms with Gasteiger partial charge in [-0.15, -0.1) is 0 Å². The van der Waals surface area contributed by atoms with Gasteiger partial charge in [0.05, 0.1) is 6.10 Å². The van der Waals surface area contributed by atoms with Crippen LogP contribution >= 0.6 is 0 Å². The molecule has 1 unspecified atom stereocenters. The van der Waals surface area contributed by atoms with Crippen LogP contribution in [0.25, 0.3) is 0 Å². The van der Waals surface area contributed by atoms with E-state index in [2.05, 4.69) is 27.5 Å². The lowest BCUT2D eigenvalue weighted by Crippen LogP contribution is -2.22. The van der Waals surface area contributed by atoms with Crippen molar-refractivity contribution in [3.63, 3.8) is 0 Å². The molecule has 1 saturated heterocycles. The van der Waals surface area contributed by atoms with E-state index in [4.69, 9.17) is 4.74 Å². The van der Waals surface area contributed by atoms with Gasteiger partial charge in [0.15, 0.2) is 0 Å². The highest BCUT2D eigenvalue weighted by Crippen LogP contribution is 2.16. The van der Waals surface area contributed by atoms with E-state index >= 15 is 0 Å². The van der Waals surface area contributed by atoms with Crippen LogP contribution < -0.4 is 10.6 Å². The molecule has 19 heavy (non-hydrogen) atoms.